The molecule has 2 rings (SSSR count). The van der Waals surface area contributed by atoms with Gasteiger partial charge in [0.15, 0.2) is 6.20 Å². The first-order valence-corrected chi connectivity index (χ1v) is 12.6. The van der Waals surface area contributed by atoms with Gasteiger partial charge in [0.2, 0.25) is 5.69 Å². The fourth-order valence-corrected chi connectivity index (χ4v) is 3.75. The van der Waals surface area contributed by atoms with Gasteiger partial charge in [-0.2, -0.15) is 4.72 Å². The van der Waals surface area contributed by atoms with Crippen LogP contribution in [0, 0.1) is 80.9 Å². The van der Waals surface area contributed by atoms with E-state index in [2.05, 4.69) is 23.2 Å². The number of aromatic amines is 1. The summed E-state index contributed by atoms with van der Waals surface area (Å²) in [5.41, 5.74) is 0.389. The van der Waals surface area contributed by atoms with Crippen molar-refractivity contribution in [2.24, 2.45) is 5.41 Å². The molecular formula is C27H37EuF2N2O2S+2. The fourth-order valence-electron chi connectivity index (χ4n) is 2.92. The Morgan fingerprint density at radius 1 is 1.34 bits per heavy atom. The van der Waals surface area contributed by atoms with E-state index in [0.29, 0.717) is 22.6 Å². The largest absolute Gasteiger partial charge is 3.00 e. The molecule has 0 aliphatic heterocycles. The predicted octanol–water partition coefficient (Wildman–Crippen LogP) is 5.21. The number of hydrogen-bond donors (Lipinski definition) is 1. The van der Waals surface area contributed by atoms with Crippen LogP contribution in [0.5, 0.6) is 0 Å². The van der Waals surface area contributed by atoms with Crippen LogP contribution in [0.3, 0.4) is 0 Å². The second kappa shape index (κ2) is 16.2. The number of halogens is 2. The van der Waals surface area contributed by atoms with Crippen LogP contribution >= 0.6 is 0 Å². The van der Waals surface area contributed by atoms with Gasteiger partial charge in [-0.3, -0.25) is 10.7 Å². The summed E-state index contributed by atoms with van der Waals surface area (Å²) >= 11 is 0. The molecule has 35 heavy (non-hydrogen) atoms. The minimum atomic E-state index is -1.92. The Hall–Kier alpha value is -0.666. The molecule has 0 aliphatic rings. The topological polar surface area (TPSA) is 60.3 Å². The summed E-state index contributed by atoms with van der Waals surface area (Å²) in [5, 5.41) is 0. The van der Waals surface area contributed by atoms with E-state index in [9.17, 15) is 13.4 Å². The van der Waals surface area contributed by atoms with Crippen molar-refractivity contribution >= 4 is 17.3 Å². The van der Waals surface area contributed by atoms with E-state index >= 15 is 4.39 Å². The minimum Gasteiger partial charge on any atom is -0.541 e. The Morgan fingerprint density at radius 2 is 1.97 bits per heavy atom. The number of H-pyrrole nitrogens is 1. The number of benzene rings is 1. The van der Waals surface area contributed by atoms with Gasteiger partial charge in [-0.1, -0.05) is 49.2 Å². The van der Waals surface area contributed by atoms with Crippen molar-refractivity contribution in [3.05, 3.63) is 79.5 Å². The molecule has 2 N–H and O–H groups in total. The number of pyridine rings is 1. The molecule has 1 aromatic carbocycles. The standard InChI is InChI=1S/C22H26F2N2OS.C5H9O.Eu/c1-5-13-22(4,24)20(26-28(27)6-2)11-10-17-8-7-9-18(21(17)23)19-15-16(3)12-14-25-19;1-5(2,3)4-6;/h5,7-9,11-12,14-15,20H,1,4,6,10,13H2,2-3H3,(H,26,27);1-3H3;/q-2;-1;+3/p+2/t20-,22?,28?;;/m1../s1. The van der Waals surface area contributed by atoms with Crippen LogP contribution in [0.1, 0.15) is 45.2 Å². The number of nitrogens with one attached hydrogen (secondary N) is 2. The van der Waals surface area contributed by atoms with Crippen molar-refractivity contribution in [2.75, 3.05) is 5.75 Å². The van der Waals surface area contributed by atoms with E-state index < -0.39 is 22.7 Å². The summed E-state index contributed by atoms with van der Waals surface area (Å²) < 4.78 is 44.7. The smallest absolute Gasteiger partial charge is 0.541 e. The third-order valence-electron chi connectivity index (χ3n) is 4.82. The molecule has 1 aromatic heterocycles. The Bertz CT molecular complexity index is 978. The van der Waals surface area contributed by atoms with Crippen LogP contribution in [0.4, 0.5) is 8.78 Å². The second-order valence-electron chi connectivity index (χ2n) is 9.18. The molecule has 1 heterocycles. The van der Waals surface area contributed by atoms with Gasteiger partial charge >= 0.3 is 49.4 Å². The van der Waals surface area contributed by atoms with Crippen molar-refractivity contribution in [3.63, 3.8) is 0 Å². The number of alkyl halides is 1. The maximum absolute atomic E-state index is 15.1. The van der Waals surface area contributed by atoms with Crippen molar-refractivity contribution < 1.29 is 72.1 Å². The zero-order valence-corrected chi connectivity index (χ0v) is 24.4. The molecule has 8 heteroatoms. The molecular weight excluding hydrogens is 606 g/mol. The molecule has 0 amide bonds. The Balaban J connectivity index is 0.00000147. The Kier molecular flexibility index (Phi) is 15.9. The summed E-state index contributed by atoms with van der Waals surface area (Å²) in [4.78, 5) is 12.8. The van der Waals surface area contributed by atoms with Crippen molar-refractivity contribution in [1.82, 2.24) is 4.72 Å². The quantitative estimate of drug-likeness (QED) is 0.167. The molecule has 0 saturated heterocycles. The SMILES string of the molecule is C=CCC([CH2-])(F)[C@@H]([CH-]Cc1cccc(-c2cc(C)cc[nH+]2)c1F)N[SH+](=O)CC.CC(C)(C)[C-]=O.[Eu+3]. The zero-order valence-electron chi connectivity index (χ0n) is 21.1. The van der Waals surface area contributed by atoms with E-state index in [0.717, 1.165) is 5.56 Å². The summed E-state index contributed by atoms with van der Waals surface area (Å²) in [7, 11) is -1.77. The summed E-state index contributed by atoms with van der Waals surface area (Å²) in [6.45, 7) is 16.3. The van der Waals surface area contributed by atoms with Gasteiger partial charge in [-0.05, 0) is 43.1 Å². The molecule has 0 saturated carbocycles. The van der Waals surface area contributed by atoms with Crippen LogP contribution < -0.4 is 9.71 Å². The van der Waals surface area contributed by atoms with E-state index in [1.54, 1.807) is 37.7 Å². The Labute approximate surface area is 252 Å². The van der Waals surface area contributed by atoms with Gasteiger partial charge < -0.3 is 18.1 Å². The average molecular weight is 644 g/mol. The molecule has 0 spiro atoms. The summed E-state index contributed by atoms with van der Waals surface area (Å²) in [6.07, 6.45) is 6.82. The number of thiol groups is 1. The third-order valence-corrected chi connectivity index (χ3v) is 5.96. The number of aryl methyl sites for hydroxylation is 1. The molecule has 2 aromatic rings. The van der Waals surface area contributed by atoms with Crippen LogP contribution in [-0.4, -0.2) is 23.7 Å². The van der Waals surface area contributed by atoms with Gasteiger partial charge in [0.1, 0.15) is 22.6 Å². The van der Waals surface area contributed by atoms with Crippen molar-refractivity contribution in [3.8, 4) is 11.3 Å². The van der Waals surface area contributed by atoms with Crippen LogP contribution in [0.15, 0.2) is 49.2 Å². The summed E-state index contributed by atoms with van der Waals surface area (Å²) in [6, 6.07) is 8.02. The van der Waals surface area contributed by atoms with E-state index in [-0.39, 0.29) is 73.5 Å². The van der Waals surface area contributed by atoms with Crippen molar-refractivity contribution in [2.45, 2.75) is 59.2 Å². The average Bonchev–Trinajstić information content (AvgIpc) is 2.77. The van der Waals surface area contributed by atoms with Crippen LogP contribution in [0.25, 0.3) is 11.3 Å². The van der Waals surface area contributed by atoms with Gasteiger partial charge in [-0.15, -0.1) is 18.4 Å². The second-order valence-corrected chi connectivity index (χ2v) is 10.8. The normalized spacial score (nSPS) is 14.4. The van der Waals surface area contributed by atoms with E-state index in [1.807, 2.05) is 46.1 Å². The van der Waals surface area contributed by atoms with Gasteiger partial charge in [-0.25, -0.2) is 9.37 Å². The molecule has 0 aliphatic carbocycles. The van der Waals surface area contributed by atoms with Gasteiger partial charge in [0, 0.05) is 12.1 Å². The fraction of sp³-hybridized carbons (Fsp3) is 0.407. The van der Waals surface area contributed by atoms with Crippen LogP contribution in [-0.2, 0) is 26.4 Å². The number of allylic oxidation sites excluding steroid dienone is 1. The summed E-state index contributed by atoms with van der Waals surface area (Å²) in [5.74, 6) is 0.00753. The zero-order chi connectivity index (χ0) is 25.9. The number of rotatable bonds is 10. The monoisotopic (exact) mass is 644 g/mol. The molecule has 0 radical (unpaired) electrons. The first kappa shape index (κ1) is 34.3. The predicted molar refractivity (Wildman–Crippen MR) is 137 cm³/mol. The number of aromatic nitrogens is 1. The van der Waals surface area contributed by atoms with Gasteiger partial charge in [0.05, 0.1) is 5.56 Å². The molecule has 0 bridgehead atoms. The number of hydrogen-bond acceptors (Lipinski definition) is 2. The van der Waals surface area contributed by atoms with Crippen molar-refractivity contribution in [1.29, 1.82) is 0 Å². The molecule has 192 valence electrons. The minimum absolute atomic E-state index is 0. The third kappa shape index (κ3) is 12.4. The molecule has 2 unspecified atom stereocenters. The molecule has 0 fully saturated rings. The van der Waals surface area contributed by atoms with E-state index in [1.165, 1.54) is 6.08 Å². The Morgan fingerprint density at radius 3 is 2.49 bits per heavy atom. The van der Waals surface area contributed by atoms with Gasteiger partial charge in [0.25, 0.3) is 0 Å². The van der Waals surface area contributed by atoms with Crippen LogP contribution in [0.2, 0.25) is 0 Å². The van der Waals surface area contributed by atoms with E-state index in [4.69, 9.17) is 0 Å². The number of carbonyl (C=O) groups excluding carboxylic acids is 1. The first-order chi connectivity index (χ1) is 15.8. The maximum atomic E-state index is 15.1. The molecule has 4 nitrogen and oxygen atoms in total. The maximum Gasteiger partial charge on any atom is 3.00 e. The molecule has 3 atom stereocenters. The first-order valence-electron chi connectivity index (χ1n) is 11.2.